The van der Waals surface area contributed by atoms with E-state index in [0.717, 1.165) is 5.69 Å². The minimum atomic E-state index is 0.793. The van der Waals surface area contributed by atoms with Gasteiger partial charge in [0.15, 0.2) is 0 Å². The molecule has 10 heavy (non-hydrogen) atoms. The van der Waals surface area contributed by atoms with E-state index in [1.807, 2.05) is 41.1 Å². The van der Waals surface area contributed by atoms with Crippen molar-refractivity contribution in [2.75, 3.05) is 5.73 Å². The Morgan fingerprint density at radius 2 is 1.90 bits per heavy atom. The number of nitrogens with two attached hydrogens (primary N) is 1. The monoisotopic (exact) mass is 151 g/mol. The zero-order chi connectivity index (χ0) is 7.23. The minimum Gasteiger partial charge on any atom is -0.398 e. The van der Waals surface area contributed by atoms with Crippen LogP contribution < -0.4 is 5.73 Å². The fourth-order valence-electron chi connectivity index (χ4n) is 0.543. The van der Waals surface area contributed by atoms with Gasteiger partial charge in [-0.1, -0.05) is 24.3 Å². The van der Waals surface area contributed by atoms with Crippen LogP contribution in [0.4, 0.5) is 5.69 Å². The Morgan fingerprint density at radius 3 is 2.80 bits per heavy atom. The van der Waals surface area contributed by atoms with Gasteiger partial charge in [-0.3, -0.25) is 0 Å². The van der Waals surface area contributed by atoms with Crippen LogP contribution in [-0.2, 0) is 0 Å². The molecule has 0 saturated heterocycles. The van der Waals surface area contributed by atoms with Crippen LogP contribution in [0.1, 0.15) is 0 Å². The first-order valence-corrected chi connectivity index (χ1v) is 3.95. The summed E-state index contributed by atoms with van der Waals surface area (Å²) in [4.78, 5) is 0. The third-order valence-electron chi connectivity index (χ3n) is 0.983. The van der Waals surface area contributed by atoms with Crippen molar-refractivity contribution in [2.45, 2.75) is 0 Å². The molecule has 0 bridgehead atoms. The largest absolute Gasteiger partial charge is 0.398 e. The van der Waals surface area contributed by atoms with E-state index in [9.17, 15) is 0 Å². The first-order valence-electron chi connectivity index (χ1n) is 3.00. The van der Waals surface area contributed by atoms with Gasteiger partial charge in [-0.25, -0.2) is 0 Å². The molecule has 1 rings (SSSR count). The van der Waals surface area contributed by atoms with Gasteiger partial charge in [0.2, 0.25) is 0 Å². The lowest BCUT2D eigenvalue weighted by Gasteiger charge is -1.78. The van der Waals surface area contributed by atoms with E-state index in [1.165, 1.54) is 0 Å². The fraction of sp³-hybridized carbons (Fsp3) is 0. The number of hydrogen-bond donors (Lipinski definition) is 1. The van der Waals surface area contributed by atoms with Crippen LogP contribution in [0.25, 0.3) is 0 Å². The summed E-state index contributed by atoms with van der Waals surface area (Å²) in [6.45, 7) is 0. The highest BCUT2D eigenvalue weighted by Crippen LogP contribution is 1.99. The molecule has 2 N–H and O–H groups in total. The van der Waals surface area contributed by atoms with Gasteiger partial charge < -0.3 is 5.73 Å². The van der Waals surface area contributed by atoms with Crippen molar-refractivity contribution in [1.29, 1.82) is 0 Å². The highest BCUT2D eigenvalue weighted by molar-refractivity contribution is 7.07. The Kier molecular flexibility index (Phi) is 2.77. The average Bonchev–Trinajstić information content (AvgIpc) is 2.02. The van der Waals surface area contributed by atoms with Crippen molar-refractivity contribution in [2.24, 2.45) is 0 Å². The third-order valence-corrected chi connectivity index (χ3v) is 1.71. The maximum atomic E-state index is 5.56. The van der Waals surface area contributed by atoms with Crippen LogP contribution in [0, 0.1) is 0 Å². The van der Waals surface area contributed by atoms with Crippen LogP contribution in [-0.4, -0.2) is 0 Å². The van der Waals surface area contributed by atoms with Crippen molar-refractivity contribution in [1.82, 2.24) is 0 Å². The van der Waals surface area contributed by atoms with Crippen LogP contribution in [0.3, 0.4) is 0 Å². The molecule has 0 aliphatic rings. The Bertz CT molecular complexity index is 217. The molecule has 1 heterocycles. The van der Waals surface area contributed by atoms with E-state index in [2.05, 4.69) is 0 Å². The zero-order valence-corrected chi connectivity index (χ0v) is 6.34. The standard InChI is InChI=1S/C8H9NS/c9-8-5-3-1-2-4-6-10-7-8/h1-7H,9H2. The molecule has 0 radical (unpaired) electrons. The van der Waals surface area contributed by atoms with E-state index in [1.54, 1.807) is 11.3 Å². The third kappa shape index (κ3) is 2.51. The molecule has 0 fully saturated rings. The summed E-state index contributed by atoms with van der Waals surface area (Å²) in [7, 11) is 0. The second kappa shape index (κ2) is 3.90. The van der Waals surface area contributed by atoms with Crippen LogP contribution in [0.15, 0.2) is 41.1 Å². The number of nitrogen functional groups attached to an aromatic ring is 1. The normalized spacial score (nSPS) is 8.40. The van der Waals surface area contributed by atoms with Gasteiger partial charge in [0, 0.05) is 11.1 Å². The van der Waals surface area contributed by atoms with Crippen LogP contribution in [0.5, 0.6) is 0 Å². The quantitative estimate of drug-likeness (QED) is 0.605. The number of anilines is 1. The Balaban J connectivity index is 3.13. The summed E-state index contributed by atoms with van der Waals surface area (Å²) in [6.07, 6.45) is 0. The molecule has 1 aromatic rings. The zero-order valence-electron chi connectivity index (χ0n) is 5.53. The summed E-state index contributed by atoms with van der Waals surface area (Å²) in [5.74, 6) is 0. The van der Waals surface area contributed by atoms with E-state index in [0.29, 0.717) is 0 Å². The van der Waals surface area contributed by atoms with Gasteiger partial charge in [0.05, 0.1) is 0 Å². The lowest BCUT2D eigenvalue weighted by molar-refractivity contribution is 1.78. The second-order valence-corrected chi connectivity index (χ2v) is 2.61. The van der Waals surface area contributed by atoms with E-state index >= 15 is 0 Å². The topological polar surface area (TPSA) is 26.0 Å². The predicted molar refractivity (Wildman–Crippen MR) is 46.4 cm³/mol. The van der Waals surface area contributed by atoms with Gasteiger partial charge in [-0.05, 0) is 11.4 Å². The van der Waals surface area contributed by atoms with Crippen molar-refractivity contribution >= 4 is 17.0 Å². The Morgan fingerprint density at radius 1 is 1.10 bits per heavy atom. The predicted octanol–water partition coefficient (Wildman–Crippen LogP) is 2.45. The van der Waals surface area contributed by atoms with Gasteiger partial charge in [0.25, 0.3) is 0 Å². The fourth-order valence-corrected chi connectivity index (χ4v) is 1.04. The molecular formula is C8H9NS. The summed E-state index contributed by atoms with van der Waals surface area (Å²) >= 11 is 1.58. The maximum absolute atomic E-state index is 5.56. The molecule has 1 aromatic heterocycles. The molecule has 0 saturated carbocycles. The molecule has 0 unspecified atom stereocenters. The molecule has 0 spiro atoms. The molecular weight excluding hydrogens is 142 g/mol. The molecule has 52 valence electrons. The molecule has 1 nitrogen and oxygen atoms in total. The van der Waals surface area contributed by atoms with Crippen LogP contribution in [0.2, 0.25) is 0 Å². The summed E-state index contributed by atoms with van der Waals surface area (Å²) in [5, 5.41) is 3.89. The molecule has 0 atom stereocenters. The number of hydrogen-bond acceptors (Lipinski definition) is 2. The molecule has 0 aliphatic carbocycles. The molecule has 2 heteroatoms. The van der Waals surface area contributed by atoms with E-state index in [-0.39, 0.29) is 0 Å². The van der Waals surface area contributed by atoms with Crippen molar-refractivity contribution in [3.8, 4) is 0 Å². The second-order valence-electron chi connectivity index (χ2n) is 1.83. The van der Waals surface area contributed by atoms with Gasteiger partial charge in [0.1, 0.15) is 0 Å². The van der Waals surface area contributed by atoms with Gasteiger partial charge >= 0.3 is 0 Å². The number of rotatable bonds is 0. The van der Waals surface area contributed by atoms with Crippen molar-refractivity contribution in [3.63, 3.8) is 0 Å². The summed E-state index contributed by atoms with van der Waals surface area (Å²) in [5.41, 5.74) is 6.35. The minimum absolute atomic E-state index is 0.793. The van der Waals surface area contributed by atoms with Gasteiger partial charge in [-0.2, -0.15) is 11.3 Å². The lowest BCUT2D eigenvalue weighted by atomic mass is 10.4. The summed E-state index contributed by atoms with van der Waals surface area (Å²) in [6, 6.07) is 9.68. The maximum Gasteiger partial charge on any atom is 0.0414 e. The molecule has 0 aromatic carbocycles. The molecule has 0 amide bonds. The summed E-state index contributed by atoms with van der Waals surface area (Å²) < 4.78 is 0. The van der Waals surface area contributed by atoms with Crippen LogP contribution >= 0.6 is 11.3 Å². The Labute approximate surface area is 64.5 Å². The van der Waals surface area contributed by atoms with Crippen molar-refractivity contribution in [3.05, 3.63) is 41.1 Å². The van der Waals surface area contributed by atoms with Crippen molar-refractivity contribution < 1.29 is 0 Å². The average molecular weight is 151 g/mol. The highest BCUT2D eigenvalue weighted by atomic mass is 32.1. The Hall–Kier alpha value is -1.02. The smallest absolute Gasteiger partial charge is 0.0414 e. The van der Waals surface area contributed by atoms with E-state index in [4.69, 9.17) is 5.73 Å². The van der Waals surface area contributed by atoms with E-state index < -0.39 is 0 Å². The lowest BCUT2D eigenvalue weighted by Crippen LogP contribution is -1.76. The first-order chi connectivity index (χ1) is 4.89. The SMILES string of the molecule is Nc1ccccccsc1. The van der Waals surface area contributed by atoms with Gasteiger partial charge in [-0.15, -0.1) is 0 Å². The molecule has 0 aliphatic heterocycles. The first kappa shape index (κ1) is 7.09. The highest BCUT2D eigenvalue weighted by Gasteiger charge is 1.70.